The molecule has 0 saturated carbocycles. The molecule has 8 nitrogen and oxygen atoms in total. The average molecular weight is 388 g/mol. The molecule has 0 fully saturated rings. The SMILES string of the molecule is Cc1cc(C)n2nc(CC(=O)Nc3ccc(Oc4ccncc4)c(C)c3)nc2n1. The molecule has 4 aromatic rings. The molecule has 0 bridgehead atoms. The Kier molecular flexibility index (Phi) is 4.90. The molecule has 0 spiro atoms. The Balaban J connectivity index is 1.44. The summed E-state index contributed by atoms with van der Waals surface area (Å²) < 4.78 is 7.48. The Labute approximate surface area is 167 Å². The number of hydrogen-bond donors (Lipinski definition) is 1. The van der Waals surface area contributed by atoms with E-state index in [1.165, 1.54) is 0 Å². The van der Waals surface area contributed by atoms with Gasteiger partial charge in [0.15, 0.2) is 5.82 Å². The second kappa shape index (κ2) is 7.67. The number of hydrogen-bond acceptors (Lipinski definition) is 6. The summed E-state index contributed by atoms with van der Waals surface area (Å²) in [6.07, 6.45) is 3.41. The smallest absolute Gasteiger partial charge is 0.252 e. The summed E-state index contributed by atoms with van der Waals surface area (Å²) in [5.74, 6) is 2.15. The van der Waals surface area contributed by atoms with Gasteiger partial charge in [-0.15, -0.1) is 5.10 Å². The van der Waals surface area contributed by atoms with Gasteiger partial charge in [-0.1, -0.05) is 0 Å². The first-order valence-electron chi connectivity index (χ1n) is 9.16. The first-order valence-corrected chi connectivity index (χ1v) is 9.16. The van der Waals surface area contributed by atoms with Crippen LogP contribution in [0.4, 0.5) is 5.69 Å². The van der Waals surface area contributed by atoms with Gasteiger partial charge in [-0.25, -0.2) is 9.50 Å². The molecule has 0 atom stereocenters. The van der Waals surface area contributed by atoms with Crippen LogP contribution in [0.25, 0.3) is 5.78 Å². The van der Waals surface area contributed by atoms with Gasteiger partial charge in [0.2, 0.25) is 5.91 Å². The van der Waals surface area contributed by atoms with Crippen LogP contribution < -0.4 is 10.1 Å². The number of anilines is 1. The lowest BCUT2D eigenvalue weighted by molar-refractivity contribution is -0.115. The van der Waals surface area contributed by atoms with E-state index in [1.807, 2.05) is 39.0 Å². The van der Waals surface area contributed by atoms with Crippen molar-refractivity contribution in [3.63, 3.8) is 0 Å². The molecule has 3 heterocycles. The Hall–Kier alpha value is -3.81. The van der Waals surface area contributed by atoms with Gasteiger partial charge < -0.3 is 10.1 Å². The third kappa shape index (κ3) is 4.21. The molecule has 0 aliphatic carbocycles. The molecule has 8 heteroatoms. The van der Waals surface area contributed by atoms with Crippen molar-refractivity contribution in [2.24, 2.45) is 0 Å². The van der Waals surface area contributed by atoms with Gasteiger partial charge in [-0.3, -0.25) is 9.78 Å². The first kappa shape index (κ1) is 18.5. The van der Waals surface area contributed by atoms with E-state index in [0.717, 1.165) is 17.0 Å². The summed E-state index contributed by atoms with van der Waals surface area (Å²) in [6.45, 7) is 5.75. The minimum absolute atomic E-state index is 0.0656. The van der Waals surface area contributed by atoms with Crippen LogP contribution in [0.2, 0.25) is 0 Å². The summed E-state index contributed by atoms with van der Waals surface area (Å²) in [7, 11) is 0. The molecule has 1 N–H and O–H groups in total. The van der Waals surface area contributed by atoms with Crippen molar-refractivity contribution in [2.75, 3.05) is 5.32 Å². The van der Waals surface area contributed by atoms with Crippen molar-refractivity contribution in [1.29, 1.82) is 0 Å². The van der Waals surface area contributed by atoms with Gasteiger partial charge in [0.25, 0.3) is 5.78 Å². The van der Waals surface area contributed by atoms with Crippen molar-refractivity contribution in [3.05, 3.63) is 71.6 Å². The number of ether oxygens (including phenoxy) is 1. The minimum Gasteiger partial charge on any atom is -0.457 e. The highest BCUT2D eigenvalue weighted by atomic mass is 16.5. The number of carbonyl (C=O) groups excluding carboxylic acids is 1. The van der Waals surface area contributed by atoms with Crippen LogP contribution in [0.5, 0.6) is 11.5 Å². The van der Waals surface area contributed by atoms with Crippen molar-refractivity contribution >= 4 is 17.4 Å². The zero-order valence-electron chi connectivity index (χ0n) is 16.4. The predicted molar refractivity (Wildman–Crippen MR) is 108 cm³/mol. The third-order valence-electron chi connectivity index (χ3n) is 4.32. The van der Waals surface area contributed by atoms with Gasteiger partial charge >= 0.3 is 0 Å². The van der Waals surface area contributed by atoms with E-state index in [0.29, 0.717) is 28.8 Å². The number of carbonyl (C=O) groups is 1. The zero-order valence-corrected chi connectivity index (χ0v) is 16.4. The zero-order chi connectivity index (χ0) is 20.4. The number of aromatic nitrogens is 5. The second-order valence-corrected chi connectivity index (χ2v) is 6.77. The molecule has 1 aromatic carbocycles. The van der Waals surface area contributed by atoms with Gasteiger partial charge in [-0.05, 0) is 62.7 Å². The highest BCUT2D eigenvalue weighted by Crippen LogP contribution is 2.27. The van der Waals surface area contributed by atoms with E-state index in [4.69, 9.17) is 4.74 Å². The normalized spacial score (nSPS) is 10.9. The van der Waals surface area contributed by atoms with Gasteiger partial charge in [0, 0.05) is 29.5 Å². The Morgan fingerprint density at radius 3 is 2.62 bits per heavy atom. The lowest BCUT2D eigenvalue weighted by Crippen LogP contribution is -2.15. The minimum atomic E-state index is -0.197. The maximum Gasteiger partial charge on any atom is 0.252 e. The van der Waals surface area contributed by atoms with Crippen LogP contribution in [0, 0.1) is 20.8 Å². The number of fused-ring (bicyclic) bond motifs is 1. The average Bonchev–Trinajstić information content (AvgIpc) is 3.07. The van der Waals surface area contributed by atoms with E-state index in [2.05, 4.69) is 25.4 Å². The number of pyridine rings is 1. The third-order valence-corrected chi connectivity index (χ3v) is 4.32. The van der Waals surface area contributed by atoms with Crippen LogP contribution in [0.3, 0.4) is 0 Å². The van der Waals surface area contributed by atoms with Crippen LogP contribution in [-0.2, 0) is 11.2 Å². The van der Waals surface area contributed by atoms with E-state index in [9.17, 15) is 4.79 Å². The lowest BCUT2D eigenvalue weighted by Gasteiger charge is -2.11. The maximum atomic E-state index is 12.4. The van der Waals surface area contributed by atoms with Crippen LogP contribution in [0.15, 0.2) is 48.8 Å². The van der Waals surface area contributed by atoms with Crippen molar-refractivity contribution < 1.29 is 9.53 Å². The highest BCUT2D eigenvalue weighted by Gasteiger charge is 2.13. The molecule has 29 heavy (non-hydrogen) atoms. The predicted octanol–water partition coefficient (Wildman–Crippen LogP) is 3.42. The largest absolute Gasteiger partial charge is 0.457 e. The van der Waals surface area contributed by atoms with E-state index < -0.39 is 0 Å². The van der Waals surface area contributed by atoms with Crippen LogP contribution in [-0.4, -0.2) is 30.5 Å². The Morgan fingerprint density at radius 2 is 1.86 bits per heavy atom. The second-order valence-electron chi connectivity index (χ2n) is 6.77. The van der Waals surface area contributed by atoms with Gasteiger partial charge in [0.1, 0.15) is 11.5 Å². The molecule has 0 aliphatic rings. The lowest BCUT2D eigenvalue weighted by atomic mass is 10.2. The van der Waals surface area contributed by atoms with Gasteiger partial charge in [-0.2, -0.15) is 4.98 Å². The summed E-state index contributed by atoms with van der Waals surface area (Å²) in [6, 6.07) is 11.0. The van der Waals surface area contributed by atoms with E-state index in [1.54, 1.807) is 35.1 Å². The standard InChI is InChI=1S/C21H20N6O2/c1-13-10-16(4-5-18(13)29-17-6-8-22-9-7-17)24-20(28)12-19-25-21-23-14(2)11-15(3)27(21)26-19/h4-11H,12H2,1-3H3,(H,24,28). The number of amides is 1. The maximum absolute atomic E-state index is 12.4. The molecule has 1 amide bonds. The first-order chi connectivity index (χ1) is 14.0. The molecule has 3 aromatic heterocycles. The molecule has 0 saturated heterocycles. The number of aryl methyl sites for hydroxylation is 3. The van der Waals surface area contributed by atoms with E-state index >= 15 is 0 Å². The Morgan fingerprint density at radius 1 is 1.07 bits per heavy atom. The number of benzene rings is 1. The Bertz CT molecular complexity index is 1190. The fourth-order valence-corrected chi connectivity index (χ4v) is 3.01. The fraction of sp³-hybridized carbons (Fsp3) is 0.190. The van der Waals surface area contributed by atoms with Crippen LogP contribution in [0.1, 0.15) is 22.8 Å². The monoisotopic (exact) mass is 388 g/mol. The number of nitrogens with zero attached hydrogens (tertiary/aromatic N) is 5. The molecule has 0 radical (unpaired) electrons. The van der Waals surface area contributed by atoms with E-state index in [-0.39, 0.29) is 12.3 Å². The number of nitrogens with one attached hydrogen (secondary N) is 1. The molecule has 0 aliphatic heterocycles. The number of rotatable bonds is 5. The summed E-state index contributed by atoms with van der Waals surface area (Å²) in [5, 5.41) is 7.25. The fourth-order valence-electron chi connectivity index (χ4n) is 3.01. The van der Waals surface area contributed by atoms with Crippen molar-refractivity contribution in [1.82, 2.24) is 24.6 Å². The molecular weight excluding hydrogens is 368 g/mol. The quantitative estimate of drug-likeness (QED) is 0.563. The van der Waals surface area contributed by atoms with Crippen LogP contribution >= 0.6 is 0 Å². The van der Waals surface area contributed by atoms with Gasteiger partial charge in [0.05, 0.1) is 6.42 Å². The molecule has 146 valence electrons. The molecule has 0 unspecified atom stereocenters. The van der Waals surface area contributed by atoms with Crippen molar-refractivity contribution in [3.8, 4) is 11.5 Å². The van der Waals surface area contributed by atoms with Crippen molar-refractivity contribution in [2.45, 2.75) is 27.2 Å². The summed E-state index contributed by atoms with van der Waals surface area (Å²) in [5.41, 5.74) is 3.37. The molecular formula is C21H20N6O2. The summed E-state index contributed by atoms with van der Waals surface area (Å²) in [4.78, 5) is 25.1. The molecule has 4 rings (SSSR count). The highest BCUT2D eigenvalue weighted by molar-refractivity contribution is 5.92. The topological polar surface area (TPSA) is 94.3 Å². The summed E-state index contributed by atoms with van der Waals surface area (Å²) >= 11 is 0.